The lowest BCUT2D eigenvalue weighted by atomic mass is 9.88. The molecule has 10 nitrogen and oxygen atoms in total. The Bertz CT molecular complexity index is 1620. The van der Waals surface area contributed by atoms with E-state index in [1.165, 1.54) is 42.3 Å². The Kier molecular flexibility index (Phi) is 8.73. The maximum absolute atomic E-state index is 15.8. The first kappa shape index (κ1) is 31.9. The number of likely N-dealkylation sites (N-methyl/N-ethyl adjacent to an activating group) is 1. The number of pyridine rings is 1. The van der Waals surface area contributed by atoms with Crippen LogP contribution in [0.1, 0.15) is 35.2 Å². The standard InChI is InChI=1S/C32H36F3N6O4P/c1-16-27(28-23(33)10-21(44-3)11-24(28)46)29(38-30(42)17-5-7-18(8-6-17)36-32(34)35)31(43)41(16)26-13-22(45-4)12-25(37-26)40-15-19-9-20(40)14-39(19)2/h5-8,10-13,16,19-20,27,29,32,36H,9,14-15,46H2,1-4H3,(H,38,42)/t16-,19+,20+,27+,29+/m1/s1. The number of carbonyl (C=O) groups is 2. The maximum atomic E-state index is 15.8. The molecule has 2 aromatic carbocycles. The Morgan fingerprint density at radius 3 is 2.28 bits per heavy atom. The number of carbonyl (C=O) groups excluding carboxylic acids is 2. The number of halogens is 3. The Balaban J connectivity index is 1.38. The first-order valence-corrected chi connectivity index (χ1v) is 15.5. The summed E-state index contributed by atoms with van der Waals surface area (Å²) in [6.45, 7) is 0.726. The molecule has 244 valence electrons. The third kappa shape index (κ3) is 5.82. The van der Waals surface area contributed by atoms with Crippen molar-refractivity contribution in [2.45, 2.75) is 50.0 Å². The highest BCUT2D eigenvalue weighted by Crippen LogP contribution is 2.41. The Morgan fingerprint density at radius 2 is 1.70 bits per heavy atom. The van der Waals surface area contributed by atoms with E-state index in [0.717, 1.165) is 19.5 Å². The fourth-order valence-corrected chi connectivity index (χ4v) is 7.48. The molecule has 4 heterocycles. The molecule has 6 atom stereocenters. The van der Waals surface area contributed by atoms with Crippen molar-refractivity contribution < 1.29 is 32.2 Å². The molecule has 2 amide bonds. The fraction of sp³-hybridized carbons (Fsp3) is 0.406. The summed E-state index contributed by atoms with van der Waals surface area (Å²) in [4.78, 5) is 38.8. The predicted molar refractivity (Wildman–Crippen MR) is 172 cm³/mol. The van der Waals surface area contributed by atoms with Crippen LogP contribution in [0.3, 0.4) is 0 Å². The first-order chi connectivity index (χ1) is 22.0. The van der Waals surface area contributed by atoms with Crippen molar-refractivity contribution in [1.29, 1.82) is 0 Å². The van der Waals surface area contributed by atoms with Crippen molar-refractivity contribution in [1.82, 2.24) is 15.2 Å². The molecule has 1 aromatic heterocycles. The predicted octanol–water partition coefficient (Wildman–Crippen LogP) is 3.58. The third-order valence-corrected chi connectivity index (χ3v) is 9.74. The van der Waals surface area contributed by atoms with Gasteiger partial charge in [-0.2, -0.15) is 8.78 Å². The van der Waals surface area contributed by atoms with Crippen LogP contribution in [-0.4, -0.2) is 86.8 Å². The number of hydrogen-bond donors (Lipinski definition) is 2. The molecular formula is C32H36F3N6O4P. The van der Waals surface area contributed by atoms with Crippen molar-refractivity contribution in [2.75, 3.05) is 49.5 Å². The smallest absolute Gasteiger partial charge is 0.312 e. The number of aromatic nitrogens is 1. The lowest BCUT2D eigenvalue weighted by Gasteiger charge is -2.33. The molecule has 3 fully saturated rings. The van der Waals surface area contributed by atoms with Crippen LogP contribution in [0.25, 0.3) is 0 Å². The minimum Gasteiger partial charge on any atom is -0.497 e. The second-order valence-corrected chi connectivity index (χ2v) is 12.5. The Hall–Kier alpha value is -4.09. The van der Waals surface area contributed by atoms with E-state index >= 15 is 4.39 Å². The Morgan fingerprint density at radius 1 is 1.02 bits per heavy atom. The molecule has 3 aliphatic rings. The average Bonchev–Trinajstić information content (AvgIpc) is 3.67. The van der Waals surface area contributed by atoms with Gasteiger partial charge in [0.1, 0.15) is 35.0 Å². The van der Waals surface area contributed by atoms with E-state index in [9.17, 15) is 18.4 Å². The quantitative estimate of drug-likeness (QED) is 0.267. The van der Waals surface area contributed by atoms with Crippen LogP contribution >= 0.6 is 9.24 Å². The third-order valence-electron chi connectivity index (χ3n) is 9.27. The van der Waals surface area contributed by atoms with E-state index in [4.69, 9.17) is 14.5 Å². The molecule has 46 heavy (non-hydrogen) atoms. The molecule has 6 rings (SSSR count). The number of nitrogens with zero attached hydrogens (tertiary/aromatic N) is 4. The van der Waals surface area contributed by atoms with Crippen LogP contribution in [-0.2, 0) is 4.79 Å². The minimum atomic E-state index is -2.77. The molecule has 2 bridgehead atoms. The van der Waals surface area contributed by atoms with Crippen LogP contribution in [0.5, 0.6) is 11.5 Å². The second kappa shape index (κ2) is 12.6. The van der Waals surface area contributed by atoms with Gasteiger partial charge in [0, 0.05) is 72.1 Å². The van der Waals surface area contributed by atoms with Gasteiger partial charge in [0.25, 0.3) is 11.8 Å². The van der Waals surface area contributed by atoms with Crippen molar-refractivity contribution in [3.8, 4) is 11.5 Å². The first-order valence-electron chi connectivity index (χ1n) is 14.9. The summed E-state index contributed by atoms with van der Waals surface area (Å²) in [6.07, 6.45) is 1.02. The van der Waals surface area contributed by atoms with E-state index in [1.807, 2.05) is 11.4 Å². The number of rotatable bonds is 9. The topological polar surface area (TPSA) is 99.3 Å². The number of methoxy groups -OCH3 is 2. The second-order valence-electron chi connectivity index (χ2n) is 11.9. The molecule has 0 aliphatic carbocycles. The number of amides is 2. The molecule has 3 aliphatic heterocycles. The van der Waals surface area contributed by atoms with Crippen molar-refractivity contribution in [2.24, 2.45) is 0 Å². The minimum absolute atomic E-state index is 0.131. The molecular weight excluding hydrogens is 620 g/mol. The number of alkyl halides is 2. The summed E-state index contributed by atoms with van der Waals surface area (Å²) in [6, 6.07) is 10.7. The average molecular weight is 657 g/mol. The zero-order valence-electron chi connectivity index (χ0n) is 25.8. The normalized spacial score (nSPS) is 24.2. The summed E-state index contributed by atoms with van der Waals surface area (Å²) in [5, 5.41) is 5.26. The van der Waals surface area contributed by atoms with Gasteiger partial charge >= 0.3 is 6.55 Å². The fourth-order valence-electron chi connectivity index (χ4n) is 6.99. The number of nitrogens with one attached hydrogen (secondary N) is 2. The zero-order valence-corrected chi connectivity index (χ0v) is 27.0. The lowest BCUT2D eigenvalue weighted by molar-refractivity contribution is -0.118. The van der Waals surface area contributed by atoms with E-state index in [0.29, 0.717) is 34.5 Å². The molecule has 0 radical (unpaired) electrons. The number of benzene rings is 2. The monoisotopic (exact) mass is 656 g/mol. The van der Waals surface area contributed by atoms with Gasteiger partial charge in [-0.05, 0) is 56.0 Å². The van der Waals surface area contributed by atoms with Crippen LogP contribution < -0.4 is 35.2 Å². The van der Waals surface area contributed by atoms with E-state index < -0.39 is 42.2 Å². The highest BCUT2D eigenvalue weighted by atomic mass is 31.0. The van der Waals surface area contributed by atoms with Gasteiger partial charge in [-0.15, -0.1) is 9.24 Å². The highest BCUT2D eigenvalue weighted by Gasteiger charge is 2.50. The van der Waals surface area contributed by atoms with Crippen LogP contribution in [0, 0.1) is 5.82 Å². The van der Waals surface area contributed by atoms with Crippen molar-refractivity contribution in [3.63, 3.8) is 0 Å². The Labute approximate surface area is 267 Å². The summed E-state index contributed by atoms with van der Waals surface area (Å²) >= 11 is 0. The van der Waals surface area contributed by atoms with Gasteiger partial charge in [0.15, 0.2) is 0 Å². The van der Waals surface area contributed by atoms with E-state index in [2.05, 4.69) is 31.4 Å². The van der Waals surface area contributed by atoms with Crippen LogP contribution in [0.2, 0.25) is 0 Å². The highest BCUT2D eigenvalue weighted by molar-refractivity contribution is 7.27. The van der Waals surface area contributed by atoms with Crippen LogP contribution in [0.15, 0.2) is 48.5 Å². The summed E-state index contributed by atoms with van der Waals surface area (Å²) in [5.74, 6) is -0.683. The molecule has 2 N–H and O–H groups in total. The summed E-state index contributed by atoms with van der Waals surface area (Å²) < 4.78 is 52.2. The van der Waals surface area contributed by atoms with Crippen molar-refractivity contribution in [3.05, 3.63) is 65.5 Å². The van der Waals surface area contributed by atoms with Gasteiger partial charge in [-0.3, -0.25) is 19.4 Å². The SMILES string of the molecule is COc1cc(N2C[C@@H]3C[C@H]2CN3C)nc(N2C(=O)[C@@H](NC(=O)c3ccc(NC(F)F)cc3)[C@H](c3c(F)cc(OC)cc3P)[C@H]2C)c1. The van der Waals surface area contributed by atoms with Gasteiger partial charge in [-0.1, -0.05) is 0 Å². The van der Waals surface area contributed by atoms with Gasteiger partial charge in [0.2, 0.25) is 0 Å². The molecule has 1 unspecified atom stereocenters. The largest absolute Gasteiger partial charge is 0.497 e. The number of piperazine rings is 1. The molecule has 0 spiro atoms. The van der Waals surface area contributed by atoms with E-state index in [-0.39, 0.29) is 22.9 Å². The zero-order chi connectivity index (χ0) is 32.9. The molecule has 14 heteroatoms. The molecule has 0 saturated carbocycles. The lowest BCUT2D eigenvalue weighted by Crippen LogP contribution is -2.45. The van der Waals surface area contributed by atoms with Crippen molar-refractivity contribution >= 4 is 43.7 Å². The summed E-state index contributed by atoms with van der Waals surface area (Å²) in [7, 11) is 7.59. The van der Waals surface area contributed by atoms with Gasteiger partial charge < -0.3 is 25.0 Å². The maximum Gasteiger partial charge on any atom is 0.312 e. The van der Waals surface area contributed by atoms with E-state index in [1.54, 1.807) is 26.2 Å². The molecule has 3 aromatic rings. The number of likely N-dealkylation sites (tertiary alicyclic amines) is 1. The van der Waals surface area contributed by atoms with Gasteiger partial charge in [-0.25, -0.2) is 9.37 Å². The number of anilines is 3. The van der Waals surface area contributed by atoms with Gasteiger partial charge in [0.05, 0.1) is 14.2 Å². The summed E-state index contributed by atoms with van der Waals surface area (Å²) in [5.41, 5.74) is 0.514. The van der Waals surface area contributed by atoms with Crippen LogP contribution in [0.4, 0.5) is 30.5 Å². The number of ether oxygens (including phenoxy) is 2. The number of hydrogen-bond acceptors (Lipinski definition) is 8. The number of fused-ring (bicyclic) bond motifs is 2. The molecule has 3 saturated heterocycles.